The van der Waals surface area contributed by atoms with Gasteiger partial charge in [0.2, 0.25) is 5.91 Å². The molecule has 0 saturated carbocycles. The number of carbonyl (C=O) groups is 2. The van der Waals surface area contributed by atoms with Crippen LogP contribution < -0.4 is 16.1 Å². The highest BCUT2D eigenvalue weighted by Gasteiger charge is 2.06. The minimum absolute atomic E-state index is 0.169. The molecule has 0 atom stereocenters. The molecule has 6 nitrogen and oxygen atoms in total. The van der Waals surface area contributed by atoms with Crippen LogP contribution in [0.3, 0.4) is 0 Å². The van der Waals surface area contributed by atoms with Gasteiger partial charge in [-0.25, -0.2) is 5.48 Å². The van der Waals surface area contributed by atoms with E-state index >= 15 is 0 Å². The number of nitrogens with one attached hydrogen (secondary N) is 3. The highest BCUT2D eigenvalue weighted by atomic mass is 16.5. The fourth-order valence-corrected chi connectivity index (χ4v) is 2.73. The molecule has 0 bridgehead atoms. The molecule has 0 fully saturated rings. The average Bonchev–Trinajstić information content (AvgIpc) is 2.68. The highest BCUT2D eigenvalue weighted by Crippen LogP contribution is 2.18. The molecule has 0 unspecified atom stereocenters. The van der Waals surface area contributed by atoms with Gasteiger partial charge in [0, 0.05) is 17.8 Å². The van der Waals surface area contributed by atoms with Gasteiger partial charge in [0.05, 0.1) is 6.54 Å². The van der Waals surface area contributed by atoms with Crippen LogP contribution in [0.5, 0.6) is 0 Å². The number of hydrogen-bond acceptors (Lipinski definition) is 4. The second kappa shape index (κ2) is 8.24. The highest BCUT2D eigenvalue weighted by molar-refractivity contribution is 5.95. The van der Waals surface area contributed by atoms with E-state index in [9.17, 15) is 9.59 Å². The lowest BCUT2D eigenvalue weighted by molar-refractivity contribution is -0.115. The molecule has 132 valence electrons. The van der Waals surface area contributed by atoms with E-state index in [0.717, 1.165) is 5.56 Å². The van der Waals surface area contributed by atoms with Crippen molar-refractivity contribution < 1.29 is 14.8 Å². The molecule has 0 spiro atoms. The van der Waals surface area contributed by atoms with E-state index in [4.69, 9.17) is 5.21 Å². The molecular formula is C20H19N3O3. The third kappa shape index (κ3) is 4.24. The maximum atomic E-state index is 12.0. The topological polar surface area (TPSA) is 90.5 Å². The van der Waals surface area contributed by atoms with Crippen molar-refractivity contribution in [2.45, 2.75) is 6.54 Å². The van der Waals surface area contributed by atoms with Gasteiger partial charge >= 0.3 is 0 Å². The molecule has 3 aromatic rings. The summed E-state index contributed by atoms with van der Waals surface area (Å²) in [6, 6.07) is 20.5. The summed E-state index contributed by atoms with van der Waals surface area (Å²) in [6.45, 7) is 0.756. The molecule has 0 aliphatic carbocycles. The first-order valence-corrected chi connectivity index (χ1v) is 8.19. The zero-order chi connectivity index (χ0) is 18.4. The molecular weight excluding hydrogens is 330 g/mol. The molecule has 3 aromatic carbocycles. The second-order valence-electron chi connectivity index (χ2n) is 5.81. The Kier molecular flexibility index (Phi) is 5.58. The van der Waals surface area contributed by atoms with Gasteiger partial charge in [-0.15, -0.1) is 0 Å². The van der Waals surface area contributed by atoms with Crippen LogP contribution >= 0.6 is 0 Å². The summed E-state index contributed by atoms with van der Waals surface area (Å²) >= 11 is 0. The van der Waals surface area contributed by atoms with Gasteiger partial charge in [-0.1, -0.05) is 42.5 Å². The number of fused-ring (bicyclic) bond motifs is 1. The number of benzene rings is 3. The number of carbonyl (C=O) groups excluding carboxylic acids is 2. The SMILES string of the molecule is O=C(CNCc1cccc2ccccc12)Nc1ccc(C(=O)NO)cc1. The van der Waals surface area contributed by atoms with Gasteiger partial charge in [-0.05, 0) is 40.6 Å². The Morgan fingerprint density at radius 1 is 0.885 bits per heavy atom. The smallest absolute Gasteiger partial charge is 0.274 e. The third-order valence-electron chi connectivity index (χ3n) is 4.01. The number of anilines is 1. The van der Waals surface area contributed by atoms with Crippen LogP contribution in [0.15, 0.2) is 66.7 Å². The van der Waals surface area contributed by atoms with Crippen molar-refractivity contribution >= 4 is 28.3 Å². The largest absolute Gasteiger partial charge is 0.325 e. The summed E-state index contributed by atoms with van der Waals surface area (Å²) in [4.78, 5) is 23.3. The Morgan fingerprint density at radius 2 is 1.62 bits per heavy atom. The predicted octanol–water partition coefficient (Wildman–Crippen LogP) is 2.69. The Morgan fingerprint density at radius 3 is 2.38 bits per heavy atom. The van der Waals surface area contributed by atoms with Crippen molar-refractivity contribution in [1.82, 2.24) is 10.8 Å². The summed E-state index contributed by atoms with van der Waals surface area (Å²) < 4.78 is 0. The Labute approximate surface area is 150 Å². The fourth-order valence-electron chi connectivity index (χ4n) is 2.73. The number of hydroxylamine groups is 1. The van der Waals surface area contributed by atoms with Crippen molar-refractivity contribution in [3.63, 3.8) is 0 Å². The van der Waals surface area contributed by atoms with Crippen LogP contribution in [0.25, 0.3) is 10.8 Å². The summed E-state index contributed by atoms with van der Waals surface area (Å²) in [5, 5.41) is 16.8. The van der Waals surface area contributed by atoms with Gasteiger partial charge < -0.3 is 10.6 Å². The maximum Gasteiger partial charge on any atom is 0.274 e. The third-order valence-corrected chi connectivity index (χ3v) is 4.01. The lowest BCUT2D eigenvalue weighted by Gasteiger charge is -2.09. The first-order valence-electron chi connectivity index (χ1n) is 8.19. The van der Waals surface area contributed by atoms with E-state index in [1.807, 2.05) is 24.3 Å². The van der Waals surface area contributed by atoms with E-state index in [-0.39, 0.29) is 12.5 Å². The minimum Gasteiger partial charge on any atom is -0.325 e. The van der Waals surface area contributed by atoms with Gasteiger partial charge in [0.15, 0.2) is 0 Å². The molecule has 26 heavy (non-hydrogen) atoms. The molecule has 0 aliphatic rings. The van der Waals surface area contributed by atoms with Crippen molar-refractivity contribution in [2.75, 3.05) is 11.9 Å². The number of hydrogen-bond donors (Lipinski definition) is 4. The van der Waals surface area contributed by atoms with Crippen LogP contribution in [0, 0.1) is 0 Å². The first kappa shape index (κ1) is 17.6. The second-order valence-corrected chi connectivity index (χ2v) is 5.81. The minimum atomic E-state index is -0.598. The number of rotatable bonds is 6. The predicted molar refractivity (Wildman–Crippen MR) is 100.0 cm³/mol. The summed E-state index contributed by atoms with van der Waals surface area (Å²) in [6.07, 6.45) is 0. The number of amides is 2. The lowest BCUT2D eigenvalue weighted by atomic mass is 10.0. The summed E-state index contributed by atoms with van der Waals surface area (Å²) in [5.74, 6) is -0.774. The van der Waals surface area contributed by atoms with Gasteiger partial charge in [0.25, 0.3) is 5.91 Å². The van der Waals surface area contributed by atoms with Crippen LogP contribution in [-0.4, -0.2) is 23.6 Å². The van der Waals surface area contributed by atoms with E-state index in [0.29, 0.717) is 17.8 Å². The molecule has 0 radical (unpaired) electrons. The molecule has 4 N–H and O–H groups in total. The lowest BCUT2D eigenvalue weighted by Crippen LogP contribution is -2.27. The van der Waals surface area contributed by atoms with E-state index in [1.165, 1.54) is 22.9 Å². The van der Waals surface area contributed by atoms with E-state index in [2.05, 4.69) is 28.8 Å². The van der Waals surface area contributed by atoms with Crippen LogP contribution in [0.2, 0.25) is 0 Å². The molecule has 0 heterocycles. The average molecular weight is 349 g/mol. The molecule has 0 saturated heterocycles. The zero-order valence-electron chi connectivity index (χ0n) is 14.0. The van der Waals surface area contributed by atoms with E-state index < -0.39 is 5.91 Å². The monoisotopic (exact) mass is 349 g/mol. The Balaban J connectivity index is 1.53. The maximum absolute atomic E-state index is 12.0. The summed E-state index contributed by atoms with van der Waals surface area (Å²) in [5.41, 5.74) is 3.58. The van der Waals surface area contributed by atoms with Crippen molar-refractivity contribution in [3.8, 4) is 0 Å². The van der Waals surface area contributed by atoms with Gasteiger partial charge in [-0.3, -0.25) is 14.8 Å². The van der Waals surface area contributed by atoms with Gasteiger partial charge in [-0.2, -0.15) is 0 Å². The molecule has 2 amide bonds. The molecule has 6 heteroatoms. The van der Waals surface area contributed by atoms with Crippen LogP contribution in [-0.2, 0) is 11.3 Å². The quantitative estimate of drug-likeness (QED) is 0.407. The van der Waals surface area contributed by atoms with Crippen molar-refractivity contribution in [3.05, 3.63) is 77.9 Å². The molecule has 3 rings (SSSR count). The van der Waals surface area contributed by atoms with Gasteiger partial charge in [0.1, 0.15) is 0 Å². The van der Waals surface area contributed by atoms with Crippen molar-refractivity contribution in [1.29, 1.82) is 0 Å². The fraction of sp³-hybridized carbons (Fsp3) is 0.100. The standard InChI is InChI=1S/C20H19N3O3/c24-19(22-17-10-8-15(9-11-17)20(25)23-26)13-21-12-16-6-3-5-14-4-1-2-7-18(14)16/h1-11,21,26H,12-13H2,(H,22,24)(H,23,25). The zero-order valence-corrected chi connectivity index (χ0v) is 14.0. The summed E-state index contributed by atoms with van der Waals surface area (Å²) in [7, 11) is 0. The van der Waals surface area contributed by atoms with E-state index in [1.54, 1.807) is 17.6 Å². The van der Waals surface area contributed by atoms with Crippen LogP contribution in [0.4, 0.5) is 5.69 Å². The Bertz CT molecular complexity index is 918. The molecule has 0 aromatic heterocycles. The Hall–Kier alpha value is -3.22. The molecule has 0 aliphatic heterocycles. The first-order chi connectivity index (χ1) is 12.7. The normalized spacial score (nSPS) is 10.5. The van der Waals surface area contributed by atoms with Crippen molar-refractivity contribution in [2.24, 2.45) is 0 Å². The van der Waals surface area contributed by atoms with Crippen LogP contribution in [0.1, 0.15) is 15.9 Å².